The minimum atomic E-state index is -0.963. The number of ether oxygens (including phenoxy) is 5. The summed E-state index contributed by atoms with van der Waals surface area (Å²) in [6, 6.07) is 5.31. The molecule has 1 heterocycles. The number of aliphatic hydroxyl groups excluding tert-OH is 1. The van der Waals surface area contributed by atoms with Gasteiger partial charge in [0.15, 0.2) is 11.5 Å². The Bertz CT molecular complexity index is 1050. The highest BCUT2D eigenvalue weighted by atomic mass is 16.6. The highest BCUT2D eigenvalue weighted by Gasteiger charge is 2.36. The van der Waals surface area contributed by atoms with Crippen molar-refractivity contribution in [2.24, 2.45) is 29.1 Å². The molecule has 45 heavy (non-hydrogen) atoms. The quantitative estimate of drug-likeness (QED) is 0.173. The lowest BCUT2D eigenvalue weighted by atomic mass is 9.80. The summed E-state index contributed by atoms with van der Waals surface area (Å²) < 4.78 is 27.6. The Hall–Kier alpha value is -2.56. The van der Waals surface area contributed by atoms with Crippen LogP contribution in [0, 0.1) is 29.1 Å². The number of hydrogen-bond donors (Lipinski definition) is 3. The summed E-state index contributed by atoms with van der Waals surface area (Å²) in [4.78, 5) is 26.3. The monoisotopic (exact) mass is 636 g/mol. The van der Waals surface area contributed by atoms with Gasteiger partial charge >= 0.3 is 6.09 Å². The smallest absolute Gasteiger partial charge is 0.407 e. The van der Waals surface area contributed by atoms with E-state index in [0.29, 0.717) is 57.3 Å². The fraction of sp³-hybridized carbons (Fsp3) is 0.771. The van der Waals surface area contributed by atoms with E-state index < -0.39 is 29.8 Å². The molecule has 0 aromatic heterocycles. The zero-order valence-electron chi connectivity index (χ0n) is 29.4. The third kappa shape index (κ3) is 13.4. The van der Waals surface area contributed by atoms with E-state index >= 15 is 0 Å². The maximum absolute atomic E-state index is 13.3. The average Bonchev–Trinajstić information content (AvgIpc) is 2.93. The van der Waals surface area contributed by atoms with Crippen LogP contribution in [0.25, 0.3) is 0 Å². The first-order valence-electron chi connectivity index (χ1n) is 16.4. The SMILES string of the molecule is COCCCOc1cc(C[C@H](C[C@H](NC(=O)OC(C)(C)C)[C@H](O)C[C@H](C(=O)NCC2(C)COC2)C(C)C)C(C)C)ccc1OC. The van der Waals surface area contributed by atoms with Crippen LogP contribution in [0.3, 0.4) is 0 Å². The van der Waals surface area contributed by atoms with E-state index in [1.54, 1.807) is 35.0 Å². The van der Waals surface area contributed by atoms with E-state index in [1.807, 2.05) is 32.0 Å². The van der Waals surface area contributed by atoms with Crippen LogP contribution in [0.2, 0.25) is 0 Å². The molecular weight excluding hydrogens is 576 g/mol. The number of hydrogen-bond acceptors (Lipinski definition) is 8. The van der Waals surface area contributed by atoms with Crippen LogP contribution in [-0.4, -0.2) is 82.0 Å². The zero-order valence-corrected chi connectivity index (χ0v) is 29.4. The Balaban J connectivity index is 2.25. The largest absolute Gasteiger partial charge is 0.493 e. The molecule has 0 unspecified atom stereocenters. The molecule has 1 aromatic rings. The molecule has 0 spiro atoms. The molecule has 0 aliphatic carbocycles. The molecule has 4 atom stereocenters. The molecule has 1 fully saturated rings. The van der Waals surface area contributed by atoms with Crippen molar-refractivity contribution in [1.29, 1.82) is 0 Å². The lowest BCUT2D eigenvalue weighted by molar-refractivity contribution is -0.132. The number of carbonyl (C=O) groups excluding carboxylic acids is 2. The second-order valence-electron chi connectivity index (χ2n) is 14.6. The molecule has 2 amide bonds. The van der Waals surface area contributed by atoms with Gasteiger partial charge in [-0.2, -0.15) is 0 Å². The van der Waals surface area contributed by atoms with Crippen LogP contribution in [-0.2, 0) is 25.4 Å². The van der Waals surface area contributed by atoms with Gasteiger partial charge in [-0.25, -0.2) is 4.79 Å². The van der Waals surface area contributed by atoms with Crippen molar-refractivity contribution >= 4 is 12.0 Å². The topological polar surface area (TPSA) is 125 Å². The Kier molecular flexibility index (Phi) is 15.4. The molecule has 10 heteroatoms. The van der Waals surface area contributed by atoms with Crippen LogP contribution < -0.4 is 20.1 Å². The average molecular weight is 637 g/mol. The molecular formula is C35H60N2O8. The molecule has 0 saturated carbocycles. The Morgan fingerprint density at radius 3 is 2.24 bits per heavy atom. The molecule has 1 saturated heterocycles. The van der Waals surface area contributed by atoms with Gasteiger partial charge in [0.1, 0.15) is 5.60 Å². The van der Waals surface area contributed by atoms with Crippen molar-refractivity contribution in [3.8, 4) is 11.5 Å². The highest BCUT2D eigenvalue weighted by Crippen LogP contribution is 2.32. The summed E-state index contributed by atoms with van der Waals surface area (Å²) in [5, 5.41) is 17.7. The summed E-state index contributed by atoms with van der Waals surface area (Å²) in [5.41, 5.74) is 0.313. The molecule has 2 rings (SSSR count). The zero-order chi connectivity index (χ0) is 33.8. The van der Waals surface area contributed by atoms with Crippen LogP contribution in [0.15, 0.2) is 18.2 Å². The van der Waals surface area contributed by atoms with Gasteiger partial charge in [-0.15, -0.1) is 0 Å². The van der Waals surface area contributed by atoms with Gasteiger partial charge in [-0.3, -0.25) is 4.79 Å². The fourth-order valence-corrected chi connectivity index (χ4v) is 5.43. The predicted molar refractivity (Wildman–Crippen MR) is 176 cm³/mol. The summed E-state index contributed by atoms with van der Waals surface area (Å²) in [6.07, 6.45) is 0.616. The van der Waals surface area contributed by atoms with Crippen LogP contribution >= 0.6 is 0 Å². The number of benzene rings is 1. The van der Waals surface area contributed by atoms with Crippen molar-refractivity contribution in [3.63, 3.8) is 0 Å². The third-order valence-electron chi connectivity index (χ3n) is 8.37. The van der Waals surface area contributed by atoms with Crippen molar-refractivity contribution in [2.75, 3.05) is 47.2 Å². The molecule has 258 valence electrons. The summed E-state index contributed by atoms with van der Waals surface area (Å²) in [5.74, 6) is 1.14. The Morgan fingerprint density at radius 2 is 1.71 bits per heavy atom. The predicted octanol–water partition coefficient (Wildman–Crippen LogP) is 5.38. The van der Waals surface area contributed by atoms with Gasteiger partial charge in [0.05, 0.1) is 39.1 Å². The molecule has 1 aliphatic heterocycles. The van der Waals surface area contributed by atoms with E-state index in [-0.39, 0.29) is 35.5 Å². The standard InChI is InChI=1S/C35H60N2O8/c1-23(2)26(16-25-12-13-30(42-10)31(17-25)44-15-11-14-41-9)18-28(37-33(40)45-34(5,6)7)29(38)19-27(24(3)4)32(39)36-20-35(8)21-43-22-35/h12-13,17,23-24,26-29,38H,11,14-16,18-22H2,1-10H3,(H,36,39)(H,37,40)/t26-,27+,28+,29-/m1/s1. The molecule has 0 radical (unpaired) electrons. The number of amides is 2. The van der Waals surface area contributed by atoms with Gasteiger partial charge < -0.3 is 39.4 Å². The number of carbonyl (C=O) groups is 2. The molecule has 0 bridgehead atoms. The lowest BCUT2D eigenvalue weighted by Gasteiger charge is -2.38. The number of alkyl carbamates (subject to hydrolysis) is 1. The highest BCUT2D eigenvalue weighted by molar-refractivity contribution is 5.79. The van der Waals surface area contributed by atoms with Crippen LogP contribution in [0.1, 0.15) is 80.2 Å². The summed E-state index contributed by atoms with van der Waals surface area (Å²) in [6.45, 7) is 18.6. The Labute approximate surface area is 271 Å². The summed E-state index contributed by atoms with van der Waals surface area (Å²) >= 11 is 0. The molecule has 1 aliphatic rings. The van der Waals surface area contributed by atoms with E-state index in [1.165, 1.54) is 0 Å². The number of nitrogens with one attached hydrogen (secondary N) is 2. The van der Waals surface area contributed by atoms with Crippen molar-refractivity contribution in [3.05, 3.63) is 23.8 Å². The van der Waals surface area contributed by atoms with Gasteiger partial charge in [0, 0.05) is 38.0 Å². The van der Waals surface area contributed by atoms with E-state index in [0.717, 1.165) is 12.0 Å². The summed E-state index contributed by atoms with van der Waals surface area (Å²) in [7, 11) is 3.29. The van der Waals surface area contributed by atoms with Crippen molar-refractivity contribution in [2.45, 2.75) is 98.8 Å². The van der Waals surface area contributed by atoms with Gasteiger partial charge in [-0.1, -0.05) is 40.7 Å². The Morgan fingerprint density at radius 1 is 1.02 bits per heavy atom. The molecule has 3 N–H and O–H groups in total. The maximum atomic E-state index is 13.3. The van der Waals surface area contributed by atoms with Gasteiger partial charge in [0.25, 0.3) is 0 Å². The number of aliphatic hydroxyl groups is 1. The van der Waals surface area contributed by atoms with Crippen LogP contribution in [0.4, 0.5) is 4.79 Å². The maximum Gasteiger partial charge on any atom is 0.407 e. The van der Waals surface area contributed by atoms with E-state index in [4.69, 9.17) is 23.7 Å². The minimum Gasteiger partial charge on any atom is -0.493 e. The lowest BCUT2D eigenvalue weighted by Crippen LogP contribution is -2.51. The van der Waals surface area contributed by atoms with E-state index in [9.17, 15) is 14.7 Å². The van der Waals surface area contributed by atoms with E-state index in [2.05, 4.69) is 31.4 Å². The van der Waals surface area contributed by atoms with Crippen molar-refractivity contribution < 1.29 is 38.4 Å². The number of methoxy groups -OCH3 is 2. The second-order valence-corrected chi connectivity index (χ2v) is 14.6. The third-order valence-corrected chi connectivity index (χ3v) is 8.37. The molecule has 10 nitrogen and oxygen atoms in total. The second kappa shape index (κ2) is 18.0. The fourth-order valence-electron chi connectivity index (χ4n) is 5.43. The van der Waals surface area contributed by atoms with Gasteiger partial charge in [-0.05, 0) is 75.5 Å². The normalized spacial score (nSPS) is 17.2. The van der Waals surface area contributed by atoms with Crippen LogP contribution in [0.5, 0.6) is 11.5 Å². The molecule has 1 aromatic carbocycles. The first kappa shape index (κ1) is 38.6. The minimum absolute atomic E-state index is 0.00484. The van der Waals surface area contributed by atoms with Crippen molar-refractivity contribution in [1.82, 2.24) is 10.6 Å². The first-order chi connectivity index (χ1) is 21.1. The number of rotatable bonds is 19. The van der Waals surface area contributed by atoms with Gasteiger partial charge in [0.2, 0.25) is 5.91 Å². The first-order valence-corrected chi connectivity index (χ1v) is 16.4.